The van der Waals surface area contributed by atoms with E-state index in [0.717, 1.165) is 0 Å². The summed E-state index contributed by atoms with van der Waals surface area (Å²) in [5.41, 5.74) is -0.252. The Bertz CT molecular complexity index is 260. The molecule has 0 saturated heterocycles. The summed E-state index contributed by atoms with van der Waals surface area (Å²) in [6.07, 6.45) is 0.154. The maximum absolute atomic E-state index is 12.1. The SMILES string of the molecule is CC(C)(C)n1cc(C(F)F)cn1. The van der Waals surface area contributed by atoms with Crippen LogP contribution in [-0.4, -0.2) is 9.78 Å². The number of halogens is 2. The van der Waals surface area contributed by atoms with Crippen molar-refractivity contribution in [1.29, 1.82) is 0 Å². The second kappa shape index (κ2) is 2.84. The van der Waals surface area contributed by atoms with Crippen LogP contribution in [0.5, 0.6) is 0 Å². The molecule has 0 radical (unpaired) electrons. The van der Waals surface area contributed by atoms with Gasteiger partial charge in [-0.25, -0.2) is 8.78 Å². The van der Waals surface area contributed by atoms with Gasteiger partial charge < -0.3 is 0 Å². The largest absolute Gasteiger partial charge is 0.267 e. The van der Waals surface area contributed by atoms with Gasteiger partial charge in [-0.1, -0.05) is 0 Å². The first-order valence-electron chi connectivity index (χ1n) is 3.74. The molecule has 1 aromatic heterocycles. The first-order valence-corrected chi connectivity index (χ1v) is 3.74. The summed E-state index contributed by atoms with van der Waals surface area (Å²) in [5, 5.41) is 3.85. The van der Waals surface area contributed by atoms with Crippen LogP contribution in [0.3, 0.4) is 0 Å². The molecule has 0 aliphatic carbocycles. The fourth-order valence-electron chi connectivity index (χ4n) is 0.816. The van der Waals surface area contributed by atoms with Crippen LogP contribution in [0, 0.1) is 0 Å². The third-order valence-corrected chi connectivity index (χ3v) is 1.54. The Morgan fingerprint density at radius 2 is 2.00 bits per heavy atom. The Hall–Kier alpha value is -0.930. The fourth-order valence-corrected chi connectivity index (χ4v) is 0.816. The van der Waals surface area contributed by atoms with Gasteiger partial charge >= 0.3 is 0 Å². The Balaban J connectivity index is 2.92. The Morgan fingerprint density at radius 1 is 1.42 bits per heavy atom. The second-order valence-electron chi connectivity index (χ2n) is 3.69. The van der Waals surface area contributed by atoms with Gasteiger partial charge in [0.2, 0.25) is 0 Å². The van der Waals surface area contributed by atoms with Crippen molar-refractivity contribution >= 4 is 0 Å². The third-order valence-electron chi connectivity index (χ3n) is 1.54. The van der Waals surface area contributed by atoms with E-state index in [2.05, 4.69) is 5.10 Å². The van der Waals surface area contributed by atoms with Crippen molar-refractivity contribution in [3.05, 3.63) is 18.0 Å². The smallest absolute Gasteiger partial charge is 0.266 e. The number of alkyl halides is 2. The average Bonchev–Trinajstić information content (AvgIpc) is 2.30. The van der Waals surface area contributed by atoms with Gasteiger partial charge in [0.25, 0.3) is 6.43 Å². The standard InChI is InChI=1S/C8H12F2N2/c1-8(2,3)12-5-6(4-11-12)7(9)10/h4-5,7H,1-3H3. The molecule has 0 unspecified atom stereocenters. The van der Waals surface area contributed by atoms with Gasteiger partial charge in [-0.3, -0.25) is 4.68 Å². The highest BCUT2D eigenvalue weighted by Crippen LogP contribution is 2.20. The highest BCUT2D eigenvalue weighted by atomic mass is 19.3. The van der Waals surface area contributed by atoms with E-state index in [0.29, 0.717) is 0 Å². The molecule has 68 valence electrons. The van der Waals surface area contributed by atoms with Gasteiger partial charge in [-0.05, 0) is 20.8 Å². The lowest BCUT2D eigenvalue weighted by molar-refractivity contribution is 0.151. The van der Waals surface area contributed by atoms with E-state index >= 15 is 0 Å². The first-order chi connectivity index (χ1) is 5.41. The van der Waals surface area contributed by atoms with E-state index in [1.807, 2.05) is 20.8 Å². The molecule has 2 nitrogen and oxygen atoms in total. The lowest BCUT2D eigenvalue weighted by Crippen LogP contribution is -2.21. The van der Waals surface area contributed by atoms with Crippen molar-refractivity contribution in [2.75, 3.05) is 0 Å². The van der Waals surface area contributed by atoms with Crippen molar-refractivity contribution in [2.24, 2.45) is 0 Å². The molecule has 1 rings (SSSR count). The fraction of sp³-hybridized carbons (Fsp3) is 0.625. The summed E-state index contributed by atoms with van der Waals surface area (Å²) in [7, 11) is 0. The molecule has 1 aromatic rings. The number of aromatic nitrogens is 2. The summed E-state index contributed by atoms with van der Waals surface area (Å²) < 4.78 is 25.8. The summed E-state index contributed by atoms with van der Waals surface area (Å²) in [6, 6.07) is 0. The predicted molar refractivity (Wildman–Crippen MR) is 42.2 cm³/mol. The molecule has 0 bridgehead atoms. The van der Waals surface area contributed by atoms with Gasteiger partial charge in [0, 0.05) is 6.20 Å². The Labute approximate surface area is 70.2 Å². The molecule has 0 aliphatic rings. The van der Waals surface area contributed by atoms with E-state index < -0.39 is 6.43 Å². The summed E-state index contributed by atoms with van der Waals surface area (Å²) in [4.78, 5) is 0. The molecular weight excluding hydrogens is 162 g/mol. The minimum absolute atomic E-state index is 0.0232. The van der Waals surface area contributed by atoms with Crippen molar-refractivity contribution < 1.29 is 8.78 Å². The minimum Gasteiger partial charge on any atom is -0.267 e. The number of hydrogen-bond acceptors (Lipinski definition) is 1. The topological polar surface area (TPSA) is 17.8 Å². The highest BCUT2D eigenvalue weighted by Gasteiger charge is 2.16. The van der Waals surface area contributed by atoms with Crippen molar-refractivity contribution in [1.82, 2.24) is 9.78 Å². The zero-order valence-electron chi connectivity index (χ0n) is 7.38. The minimum atomic E-state index is -2.43. The van der Waals surface area contributed by atoms with Crippen molar-refractivity contribution in [3.8, 4) is 0 Å². The van der Waals surface area contributed by atoms with E-state index in [1.54, 1.807) is 0 Å². The summed E-state index contributed by atoms with van der Waals surface area (Å²) in [6.45, 7) is 5.74. The number of nitrogens with zero attached hydrogens (tertiary/aromatic N) is 2. The lowest BCUT2D eigenvalue weighted by atomic mass is 10.1. The highest BCUT2D eigenvalue weighted by molar-refractivity contribution is 5.06. The predicted octanol–water partition coefficient (Wildman–Crippen LogP) is 2.58. The molecule has 0 aromatic carbocycles. The molecule has 0 fully saturated rings. The van der Waals surface area contributed by atoms with Crippen LogP contribution >= 0.6 is 0 Å². The van der Waals surface area contributed by atoms with Crippen molar-refractivity contribution in [3.63, 3.8) is 0 Å². The Morgan fingerprint density at radius 3 is 2.25 bits per heavy atom. The number of hydrogen-bond donors (Lipinski definition) is 0. The van der Waals surface area contributed by atoms with Gasteiger partial charge in [-0.15, -0.1) is 0 Å². The molecule has 1 heterocycles. The quantitative estimate of drug-likeness (QED) is 0.639. The maximum atomic E-state index is 12.1. The summed E-state index contributed by atoms with van der Waals surface area (Å²) >= 11 is 0. The van der Waals surface area contributed by atoms with Crippen LogP contribution in [0.25, 0.3) is 0 Å². The van der Waals surface area contributed by atoms with Crippen LogP contribution < -0.4 is 0 Å². The van der Waals surface area contributed by atoms with Gasteiger partial charge in [0.15, 0.2) is 0 Å². The first kappa shape index (κ1) is 9.16. The molecule has 0 atom stereocenters. The molecule has 0 spiro atoms. The third kappa shape index (κ3) is 1.81. The second-order valence-corrected chi connectivity index (χ2v) is 3.69. The molecule has 0 N–H and O–H groups in total. The molecule has 4 heteroatoms. The molecular formula is C8H12F2N2. The average molecular weight is 174 g/mol. The van der Waals surface area contributed by atoms with Crippen LogP contribution in [-0.2, 0) is 5.54 Å². The van der Waals surface area contributed by atoms with E-state index in [9.17, 15) is 8.78 Å². The summed E-state index contributed by atoms with van der Waals surface area (Å²) in [5.74, 6) is 0. The van der Waals surface area contributed by atoms with Crippen LogP contribution in [0.15, 0.2) is 12.4 Å². The number of rotatable bonds is 1. The van der Waals surface area contributed by atoms with Gasteiger partial charge in [0.05, 0.1) is 17.3 Å². The molecule has 0 amide bonds. The molecule has 12 heavy (non-hydrogen) atoms. The zero-order chi connectivity index (χ0) is 9.35. The van der Waals surface area contributed by atoms with E-state index in [4.69, 9.17) is 0 Å². The van der Waals surface area contributed by atoms with Crippen LogP contribution in [0.2, 0.25) is 0 Å². The molecule has 0 aliphatic heterocycles. The van der Waals surface area contributed by atoms with Crippen LogP contribution in [0.1, 0.15) is 32.8 Å². The Kier molecular flexibility index (Phi) is 2.17. The van der Waals surface area contributed by atoms with E-state index in [-0.39, 0.29) is 11.1 Å². The molecule has 0 saturated carbocycles. The van der Waals surface area contributed by atoms with Gasteiger partial charge in [-0.2, -0.15) is 5.10 Å². The van der Waals surface area contributed by atoms with E-state index in [1.165, 1.54) is 17.1 Å². The normalized spacial score (nSPS) is 12.5. The maximum Gasteiger partial charge on any atom is 0.266 e. The zero-order valence-corrected chi connectivity index (χ0v) is 7.38. The monoisotopic (exact) mass is 174 g/mol. The van der Waals surface area contributed by atoms with Crippen molar-refractivity contribution in [2.45, 2.75) is 32.7 Å². The lowest BCUT2D eigenvalue weighted by Gasteiger charge is -2.18. The van der Waals surface area contributed by atoms with Crippen LogP contribution in [0.4, 0.5) is 8.78 Å². The van der Waals surface area contributed by atoms with Gasteiger partial charge in [0.1, 0.15) is 0 Å².